The molecule has 22 heavy (non-hydrogen) atoms. The fourth-order valence-corrected chi connectivity index (χ4v) is 3.45. The molecular formula is C20H26N2. The number of nitrogens with zero attached hydrogens (tertiary/aromatic N) is 2. The lowest BCUT2D eigenvalue weighted by molar-refractivity contribution is 0.402. The van der Waals surface area contributed by atoms with Gasteiger partial charge in [-0.3, -0.25) is 0 Å². The van der Waals surface area contributed by atoms with Gasteiger partial charge in [-0.2, -0.15) is 0 Å². The fraction of sp³-hybridized carbons (Fsp3) is 0.400. The zero-order chi connectivity index (χ0) is 15.5. The summed E-state index contributed by atoms with van der Waals surface area (Å²) in [4.78, 5) is 4.79. The quantitative estimate of drug-likeness (QED) is 0.822. The van der Waals surface area contributed by atoms with E-state index in [0.717, 1.165) is 19.5 Å². The Morgan fingerprint density at radius 1 is 1.00 bits per heavy atom. The molecule has 0 bridgehead atoms. The first-order valence-electron chi connectivity index (χ1n) is 8.26. The molecule has 0 fully saturated rings. The summed E-state index contributed by atoms with van der Waals surface area (Å²) < 4.78 is 0. The molecule has 1 heterocycles. The summed E-state index contributed by atoms with van der Waals surface area (Å²) in [6.07, 6.45) is 2.29. The van der Waals surface area contributed by atoms with Crippen molar-refractivity contribution < 1.29 is 0 Å². The standard InChI is InChI=1S/C20H26N2/c1-16-15-17-9-4-6-11-19(17)22(14-8-13-21(2)3)20-12-7-5-10-18(16)20/h4-7,9-12,16H,8,13-15H2,1-3H3. The molecule has 0 radical (unpaired) electrons. The smallest absolute Gasteiger partial charge is 0.0446 e. The van der Waals surface area contributed by atoms with Gasteiger partial charge < -0.3 is 9.80 Å². The summed E-state index contributed by atoms with van der Waals surface area (Å²) in [5, 5.41) is 0. The van der Waals surface area contributed by atoms with E-state index in [4.69, 9.17) is 0 Å². The Morgan fingerprint density at radius 2 is 1.68 bits per heavy atom. The SMILES string of the molecule is CC1Cc2ccccc2N(CCCN(C)C)c2ccccc21. The highest BCUT2D eigenvalue weighted by Gasteiger charge is 2.23. The lowest BCUT2D eigenvalue weighted by atomic mass is 9.94. The van der Waals surface area contributed by atoms with Gasteiger partial charge in [0, 0.05) is 17.9 Å². The predicted octanol–water partition coefficient (Wildman–Crippen LogP) is 4.44. The summed E-state index contributed by atoms with van der Waals surface area (Å²) in [5.74, 6) is 0.566. The van der Waals surface area contributed by atoms with Crippen molar-refractivity contribution in [3.8, 4) is 0 Å². The lowest BCUT2D eigenvalue weighted by Crippen LogP contribution is -2.24. The van der Waals surface area contributed by atoms with Crippen molar-refractivity contribution in [2.24, 2.45) is 0 Å². The molecule has 0 aromatic heterocycles. The van der Waals surface area contributed by atoms with Gasteiger partial charge in [0.1, 0.15) is 0 Å². The number of para-hydroxylation sites is 2. The van der Waals surface area contributed by atoms with Crippen LogP contribution in [0.4, 0.5) is 11.4 Å². The number of hydrogen-bond acceptors (Lipinski definition) is 2. The average molecular weight is 294 g/mol. The fourth-order valence-electron chi connectivity index (χ4n) is 3.45. The Balaban J connectivity index is 2.00. The van der Waals surface area contributed by atoms with Gasteiger partial charge in [0.15, 0.2) is 0 Å². The summed E-state index contributed by atoms with van der Waals surface area (Å²) >= 11 is 0. The maximum absolute atomic E-state index is 2.53. The van der Waals surface area contributed by atoms with Crippen LogP contribution in [0, 0.1) is 0 Å². The molecule has 2 aromatic rings. The monoisotopic (exact) mass is 294 g/mol. The van der Waals surface area contributed by atoms with E-state index in [-0.39, 0.29) is 0 Å². The Hall–Kier alpha value is -1.80. The third-order valence-electron chi connectivity index (χ3n) is 4.55. The Bertz CT molecular complexity index is 633. The maximum Gasteiger partial charge on any atom is 0.0446 e. The molecule has 0 saturated carbocycles. The van der Waals surface area contributed by atoms with Crippen LogP contribution in [0.5, 0.6) is 0 Å². The number of benzene rings is 2. The first-order chi connectivity index (χ1) is 10.7. The molecule has 2 nitrogen and oxygen atoms in total. The van der Waals surface area contributed by atoms with Crippen molar-refractivity contribution in [3.63, 3.8) is 0 Å². The van der Waals surface area contributed by atoms with Crippen molar-refractivity contribution in [1.82, 2.24) is 4.90 Å². The molecule has 3 rings (SSSR count). The summed E-state index contributed by atoms with van der Waals surface area (Å²) in [5.41, 5.74) is 5.72. The largest absolute Gasteiger partial charge is 0.341 e. The van der Waals surface area contributed by atoms with Gasteiger partial charge in [-0.05, 0) is 62.7 Å². The summed E-state index contributed by atoms with van der Waals surface area (Å²) in [7, 11) is 4.29. The van der Waals surface area contributed by atoms with Gasteiger partial charge in [-0.1, -0.05) is 43.3 Å². The van der Waals surface area contributed by atoms with E-state index in [1.165, 1.54) is 28.9 Å². The summed E-state index contributed by atoms with van der Waals surface area (Å²) in [6.45, 7) is 4.54. The van der Waals surface area contributed by atoms with Crippen molar-refractivity contribution in [2.75, 3.05) is 32.1 Å². The van der Waals surface area contributed by atoms with E-state index in [2.05, 4.69) is 79.3 Å². The van der Waals surface area contributed by atoms with Gasteiger partial charge in [0.25, 0.3) is 0 Å². The molecule has 0 spiro atoms. The third kappa shape index (κ3) is 3.02. The molecule has 0 saturated heterocycles. The third-order valence-corrected chi connectivity index (χ3v) is 4.55. The predicted molar refractivity (Wildman–Crippen MR) is 95.2 cm³/mol. The Labute approximate surface area is 134 Å². The van der Waals surface area contributed by atoms with Crippen LogP contribution in [-0.4, -0.2) is 32.1 Å². The number of fused-ring (bicyclic) bond motifs is 2. The van der Waals surface area contributed by atoms with Gasteiger partial charge in [-0.25, -0.2) is 0 Å². The zero-order valence-corrected chi connectivity index (χ0v) is 13.9. The Morgan fingerprint density at radius 3 is 2.45 bits per heavy atom. The molecule has 1 aliphatic rings. The highest BCUT2D eigenvalue weighted by molar-refractivity contribution is 5.71. The van der Waals surface area contributed by atoms with Crippen LogP contribution in [0.25, 0.3) is 0 Å². The van der Waals surface area contributed by atoms with Gasteiger partial charge in [-0.15, -0.1) is 0 Å². The molecule has 2 aromatic carbocycles. The van der Waals surface area contributed by atoms with Crippen LogP contribution >= 0.6 is 0 Å². The first kappa shape index (κ1) is 15.1. The molecule has 2 heteroatoms. The first-order valence-corrected chi connectivity index (χ1v) is 8.26. The van der Waals surface area contributed by atoms with Crippen LogP contribution in [0.2, 0.25) is 0 Å². The van der Waals surface area contributed by atoms with Crippen molar-refractivity contribution in [1.29, 1.82) is 0 Å². The molecular weight excluding hydrogens is 268 g/mol. The number of hydrogen-bond donors (Lipinski definition) is 0. The number of rotatable bonds is 4. The van der Waals surface area contributed by atoms with E-state index in [0.29, 0.717) is 5.92 Å². The van der Waals surface area contributed by atoms with Gasteiger partial charge in [0.05, 0.1) is 0 Å². The molecule has 116 valence electrons. The minimum atomic E-state index is 0.566. The van der Waals surface area contributed by atoms with Crippen LogP contribution in [0.15, 0.2) is 48.5 Å². The van der Waals surface area contributed by atoms with Gasteiger partial charge in [0.2, 0.25) is 0 Å². The van der Waals surface area contributed by atoms with E-state index in [9.17, 15) is 0 Å². The van der Waals surface area contributed by atoms with Crippen LogP contribution in [0.3, 0.4) is 0 Å². The van der Waals surface area contributed by atoms with Crippen LogP contribution in [-0.2, 0) is 6.42 Å². The molecule has 1 unspecified atom stereocenters. The normalized spacial score (nSPS) is 17.1. The Kier molecular flexibility index (Phi) is 4.49. The van der Waals surface area contributed by atoms with E-state index in [1.807, 2.05) is 0 Å². The van der Waals surface area contributed by atoms with E-state index >= 15 is 0 Å². The van der Waals surface area contributed by atoms with E-state index < -0.39 is 0 Å². The van der Waals surface area contributed by atoms with Crippen molar-refractivity contribution >= 4 is 11.4 Å². The van der Waals surface area contributed by atoms with Gasteiger partial charge >= 0.3 is 0 Å². The highest BCUT2D eigenvalue weighted by Crippen LogP contribution is 2.40. The number of anilines is 2. The molecule has 1 atom stereocenters. The summed E-state index contributed by atoms with van der Waals surface area (Å²) in [6, 6.07) is 17.8. The molecule has 0 amide bonds. The molecule has 1 aliphatic heterocycles. The van der Waals surface area contributed by atoms with Crippen LogP contribution < -0.4 is 4.90 Å². The minimum Gasteiger partial charge on any atom is -0.341 e. The minimum absolute atomic E-state index is 0.566. The van der Waals surface area contributed by atoms with Crippen molar-refractivity contribution in [2.45, 2.75) is 25.7 Å². The second kappa shape index (κ2) is 6.53. The second-order valence-corrected chi connectivity index (χ2v) is 6.60. The lowest BCUT2D eigenvalue weighted by Gasteiger charge is -2.27. The second-order valence-electron chi connectivity index (χ2n) is 6.60. The average Bonchev–Trinajstić information content (AvgIpc) is 2.63. The maximum atomic E-state index is 2.53. The molecule has 0 aliphatic carbocycles. The van der Waals surface area contributed by atoms with Crippen molar-refractivity contribution in [3.05, 3.63) is 59.7 Å². The van der Waals surface area contributed by atoms with E-state index in [1.54, 1.807) is 0 Å². The highest BCUT2D eigenvalue weighted by atomic mass is 15.1. The molecule has 0 N–H and O–H groups in total. The van der Waals surface area contributed by atoms with Crippen LogP contribution in [0.1, 0.15) is 30.4 Å². The zero-order valence-electron chi connectivity index (χ0n) is 13.9. The topological polar surface area (TPSA) is 6.48 Å².